The predicted octanol–water partition coefficient (Wildman–Crippen LogP) is 3.35. The Labute approximate surface area is 165 Å². The van der Waals surface area contributed by atoms with Crippen LogP contribution in [0, 0.1) is 0 Å². The Bertz CT molecular complexity index is 1040. The van der Waals surface area contributed by atoms with Crippen LogP contribution in [0.2, 0.25) is 0 Å². The summed E-state index contributed by atoms with van der Waals surface area (Å²) < 4.78 is 27.0. The van der Waals surface area contributed by atoms with Gasteiger partial charge in [-0.15, -0.1) is 22.7 Å². The lowest BCUT2D eigenvalue weighted by Gasteiger charge is -2.25. The molecule has 1 amide bonds. The average molecular weight is 420 g/mol. The topological polar surface area (TPSA) is 79.4 Å². The van der Waals surface area contributed by atoms with E-state index in [1.165, 1.54) is 27.0 Å². The number of thiazole rings is 1. The number of benzene rings is 1. The zero-order valence-corrected chi connectivity index (χ0v) is 16.7. The van der Waals surface area contributed by atoms with Gasteiger partial charge in [-0.3, -0.25) is 10.1 Å². The van der Waals surface area contributed by atoms with Gasteiger partial charge in [-0.2, -0.15) is 4.31 Å². The molecule has 0 unspecified atom stereocenters. The molecule has 0 bridgehead atoms. The molecule has 1 aliphatic heterocycles. The van der Waals surface area contributed by atoms with Crippen molar-refractivity contribution in [3.63, 3.8) is 0 Å². The number of nitrogens with one attached hydrogen (secondary N) is 1. The van der Waals surface area contributed by atoms with Crippen molar-refractivity contribution in [1.82, 2.24) is 9.29 Å². The number of amides is 1. The van der Waals surface area contributed by atoms with E-state index in [0.717, 1.165) is 16.1 Å². The smallest absolute Gasteiger partial charge is 0.267 e. The van der Waals surface area contributed by atoms with Crippen LogP contribution in [-0.4, -0.2) is 30.2 Å². The molecule has 27 heavy (non-hydrogen) atoms. The highest BCUT2D eigenvalue weighted by atomic mass is 32.2. The number of rotatable bonds is 5. The lowest BCUT2D eigenvalue weighted by atomic mass is 10.2. The van der Waals surface area contributed by atoms with E-state index >= 15 is 0 Å². The molecular weight excluding hydrogens is 402 g/mol. The van der Waals surface area contributed by atoms with Gasteiger partial charge in [-0.25, -0.2) is 13.4 Å². The fraction of sp³-hybridized carbons (Fsp3) is 0.222. The zero-order valence-electron chi connectivity index (χ0n) is 14.3. The molecule has 1 aliphatic rings. The van der Waals surface area contributed by atoms with Gasteiger partial charge in [-0.1, -0.05) is 36.4 Å². The summed E-state index contributed by atoms with van der Waals surface area (Å²) in [5.74, 6) is -0.200. The second kappa shape index (κ2) is 7.51. The van der Waals surface area contributed by atoms with Gasteiger partial charge in [0.1, 0.15) is 0 Å². The summed E-state index contributed by atoms with van der Waals surface area (Å²) in [6.45, 7) is 0.710. The lowest BCUT2D eigenvalue weighted by molar-refractivity contribution is 0.103. The standard InChI is InChI=1S/C18H17N3O3S3/c22-17(15-7-4-10-25-15)20-18-19-14-8-9-21(11-16(14)26-18)27(23,24)12-13-5-2-1-3-6-13/h1-7,10H,8-9,11-12H2,(H,19,20,22). The molecule has 0 saturated heterocycles. The number of carbonyl (C=O) groups excluding carboxylic acids is 1. The van der Waals surface area contributed by atoms with E-state index in [9.17, 15) is 13.2 Å². The van der Waals surface area contributed by atoms with Crippen LogP contribution in [0.15, 0.2) is 47.8 Å². The molecule has 1 aromatic carbocycles. The minimum Gasteiger partial charge on any atom is -0.297 e. The van der Waals surface area contributed by atoms with Crippen LogP contribution in [-0.2, 0) is 28.7 Å². The van der Waals surface area contributed by atoms with Gasteiger partial charge in [0.15, 0.2) is 5.13 Å². The zero-order chi connectivity index (χ0) is 18.9. The van der Waals surface area contributed by atoms with Gasteiger partial charge in [-0.05, 0) is 17.0 Å². The Hall–Kier alpha value is -2.07. The average Bonchev–Trinajstić information content (AvgIpc) is 3.31. The molecule has 3 heterocycles. The van der Waals surface area contributed by atoms with Gasteiger partial charge < -0.3 is 0 Å². The van der Waals surface area contributed by atoms with Gasteiger partial charge in [0.25, 0.3) is 5.91 Å². The molecule has 2 aromatic heterocycles. The quantitative estimate of drug-likeness (QED) is 0.688. The van der Waals surface area contributed by atoms with Crippen LogP contribution < -0.4 is 5.32 Å². The number of hydrogen-bond donors (Lipinski definition) is 1. The maximum Gasteiger partial charge on any atom is 0.267 e. The highest BCUT2D eigenvalue weighted by molar-refractivity contribution is 7.88. The molecule has 0 fully saturated rings. The normalized spacial score (nSPS) is 14.7. The van der Waals surface area contributed by atoms with Crippen LogP contribution in [0.5, 0.6) is 0 Å². The Morgan fingerprint density at radius 3 is 2.74 bits per heavy atom. The predicted molar refractivity (Wildman–Crippen MR) is 108 cm³/mol. The molecule has 3 aromatic rings. The van der Waals surface area contributed by atoms with Crippen molar-refractivity contribution in [2.45, 2.75) is 18.7 Å². The molecule has 0 radical (unpaired) electrons. The third kappa shape index (κ3) is 4.11. The van der Waals surface area contributed by atoms with E-state index in [1.54, 1.807) is 6.07 Å². The van der Waals surface area contributed by atoms with Crippen molar-refractivity contribution >= 4 is 43.7 Å². The summed E-state index contributed by atoms with van der Waals surface area (Å²) in [5, 5.41) is 5.16. The third-order valence-corrected chi connectivity index (χ3v) is 7.91. The minimum atomic E-state index is -3.40. The number of hydrogen-bond acceptors (Lipinski definition) is 6. The number of nitrogens with zero attached hydrogens (tertiary/aromatic N) is 2. The second-order valence-electron chi connectivity index (χ2n) is 6.15. The van der Waals surface area contributed by atoms with Crippen molar-refractivity contribution in [2.75, 3.05) is 11.9 Å². The first-order valence-electron chi connectivity index (χ1n) is 8.36. The van der Waals surface area contributed by atoms with Crippen molar-refractivity contribution in [1.29, 1.82) is 0 Å². The summed E-state index contributed by atoms with van der Waals surface area (Å²) in [6.07, 6.45) is 0.550. The summed E-state index contributed by atoms with van der Waals surface area (Å²) in [5.41, 5.74) is 1.64. The Morgan fingerprint density at radius 1 is 1.19 bits per heavy atom. The highest BCUT2D eigenvalue weighted by Crippen LogP contribution is 2.30. The molecule has 0 atom stereocenters. The molecule has 0 aliphatic carbocycles. The largest absolute Gasteiger partial charge is 0.297 e. The summed E-state index contributed by atoms with van der Waals surface area (Å²) in [7, 11) is -3.40. The number of carbonyl (C=O) groups is 1. The molecule has 9 heteroatoms. The molecule has 0 saturated carbocycles. The maximum atomic E-state index is 12.7. The van der Waals surface area contributed by atoms with E-state index in [-0.39, 0.29) is 11.7 Å². The first-order chi connectivity index (χ1) is 13.0. The Morgan fingerprint density at radius 2 is 2.00 bits per heavy atom. The highest BCUT2D eigenvalue weighted by Gasteiger charge is 2.29. The second-order valence-corrected chi connectivity index (χ2v) is 10.1. The van der Waals surface area contributed by atoms with Crippen molar-refractivity contribution in [3.8, 4) is 0 Å². The number of thiophene rings is 1. The molecular formula is C18H17N3O3S3. The van der Waals surface area contributed by atoms with E-state index in [2.05, 4.69) is 10.3 Å². The van der Waals surface area contributed by atoms with E-state index in [1.807, 2.05) is 41.8 Å². The van der Waals surface area contributed by atoms with Crippen LogP contribution in [0.1, 0.15) is 25.8 Å². The summed E-state index contributed by atoms with van der Waals surface area (Å²) >= 11 is 2.71. The monoisotopic (exact) mass is 419 g/mol. The molecule has 6 nitrogen and oxygen atoms in total. The van der Waals surface area contributed by atoms with E-state index in [4.69, 9.17) is 0 Å². The van der Waals surface area contributed by atoms with E-state index < -0.39 is 10.0 Å². The number of fused-ring (bicyclic) bond motifs is 1. The van der Waals surface area contributed by atoms with Crippen molar-refractivity contribution in [3.05, 3.63) is 68.9 Å². The van der Waals surface area contributed by atoms with Gasteiger partial charge in [0, 0.05) is 24.4 Å². The van der Waals surface area contributed by atoms with Gasteiger partial charge >= 0.3 is 0 Å². The molecule has 0 spiro atoms. The minimum absolute atomic E-state index is 0.00997. The maximum absolute atomic E-state index is 12.7. The number of aromatic nitrogens is 1. The molecule has 140 valence electrons. The fourth-order valence-electron chi connectivity index (χ4n) is 2.91. The van der Waals surface area contributed by atoms with Crippen LogP contribution in [0.25, 0.3) is 0 Å². The van der Waals surface area contributed by atoms with Crippen LogP contribution in [0.3, 0.4) is 0 Å². The van der Waals surface area contributed by atoms with Crippen LogP contribution in [0.4, 0.5) is 5.13 Å². The van der Waals surface area contributed by atoms with E-state index in [0.29, 0.717) is 29.5 Å². The van der Waals surface area contributed by atoms with Gasteiger partial charge in [0.2, 0.25) is 10.0 Å². The lowest BCUT2D eigenvalue weighted by Crippen LogP contribution is -2.36. The molecule has 4 rings (SSSR count). The number of sulfonamides is 1. The number of anilines is 1. The summed E-state index contributed by atoms with van der Waals surface area (Å²) in [4.78, 5) is 18.2. The first kappa shape index (κ1) is 18.3. The van der Waals surface area contributed by atoms with Crippen molar-refractivity contribution in [2.24, 2.45) is 0 Å². The SMILES string of the molecule is O=C(Nc1nc2c(s1)CN(S(=O)(=O)Cc1ccccc1)CC2)c1cccs1. The Balaban J connectivity index is 1.47. The van der Waals surface area contributed by atoms with Gasteiger partial charge in [0.05, 0.1) is 16.3 Å². The van der Waals surface area contributed by atoms with Crippen molar-refractivity contribution < 1.29 is 13.2 Å². The Kier molecular flexibility index (Phi) is 5.09. The first-order valence-corrected chi connectivity index (χ1v) is 11.7. The fourth-order valence-corrected chi connectivity index (χ4v) is 6.12. The third-order valence-electron chi connectivity index (χ3n) is 4.25. The van der Waals surface area contributed by atoms with Crippen LogP contribution >= 0.6 is 22.7 Å². The summed E-state index contributed by atoms with van der Waals surface area (Å²) in [6, 6.07) is 12.8. The molecule has 1 N–H and O–H groups in total.